The fraction of sp³-hybridized carbons (Fsp3) is 0.200. The lowest BCUT2D eigenvalue weighted by Gasteiger charge is -1.88. The molecule has 2 aromatic rings. The van der Waals surface area contributed by atoms with Crippen LogP contribution in [0.4, 0.5) is 0 Å². The first-order valence-electron chi connectivity index (χ1n) is 4.23. The number of hydrogen-bond acceptors (Lipinski definition) is 3. The average Bonchev–Trinajstić information content (AvgIpc) is 2.74. The molecule has 0 N–H and O–H groups in total. The Morgan fingerprint density at radius 1 is 1.64 bits per heavy atom. The highest BCUT2D eigenvalue weighted by Crippen LogP contribution is 2.21. The number of aryl methyl sites for hydroxylation is 1. The van der Waals surface area contributed by atoms with E-state index in [1.807, 2.05) is 35.5 Å². The van der Waals surface area contributed by atoms with Crippen molar-refractivity contribution in [3.63, 3.8) is 0 Å². The standard InChI is InChI=1S/C10H9N3S/c1-13-5-3-8(6-13)9-7-14-10(12-9)2-4-11/h3,5-7H,2H2,1H3. The third-order valence-electron chi connectivity index (χ3n) is 1.91. The zero-order valence-electron chi connectivity index (χ0n) is 7.77. The van der Waals surface area contributed by atoms with Gasteiger partial charge in [0.2, 0.25) is 0 Å². The second kappa shape index (κ2) is 3.64. The van der Waals surface area contributed by atoms with Crippen LogP contribution >= 0.6 is 11.3 Å². The topological polar surface area (TPSA) is 41.6 Å². The first-order valence-corrected chi connectivity index (χ1v) is 5.11. The van der Waals surface area contributed by atoms with Gasteiger partial charge in [-0.25, -0.2) is 4.98 Å². The summed E-state index contributed by atoms with van der Waals surface area (Å²) in [6.07, 6.45) is 4.40. The molecule has 14 heavy (non-hydrogen) atoms. The van der Waals surface area contributed by atoms with Gasteiger partial charge in [0.15, 0.2) is 0 Å². The third kappa shape index (κ3) is 1.68. The molecular formula is C10H9N3S. The Labute approximate surface area is 86.3 Å². The molecule has 0 spiro atoms. The number of nitriles is 1. The van der Waals surface area contributed by atoms with Crippen molar-refractivity contribution in [2.75, 3.05) is 0 Å². The Morgan fingerprint density at radius 2 is 2.50 bits per heavy atom. The van der Waals surface area contributed by atoms with Gasteiger partial charge in [-0.05, 0) is 6.07 Å². The van der Waals surface area contributed by atoms with E-state index in [1.165, 1.54) is 11.3 Å². The van der Waals surface area contributed by atoms with Crippen molar-refractivity contribution < 1.29 is 0 Å². The molecule has 0 bridgehead atoms. The van der Waals surface area contributed by atoms with Crippen molar-refractivity contribution in [2.24, 2.45) is 7.05 Å². The van der Waals surface area contributed by atoms with Gasteiger partial charge in [-0.3, -0.25) is 0 Å². The summed E-state index contributed by atoms with van der Waals surface area (Å²) >= 11 is 1.54. The maximum absolute atomic E-state index is 8.52. The minimum Gasteiger partial charge on any atom is -0.357 e. The van der Waals surface area contributed by atoms with Crippen LogP contribution < -0.4 is 0 Å². The highest BCUT2D eigenvalue weighted by atomic mass is 32.1. The fourth-order valence-corrected chi connectivity index (χ4v) is 1.98. The summed E-state index contributed by atoms with van der Waals surface area (Å²) in [4.78, 5) is 4.37. The molecule has 0 aliphatic carbocycles. The van der Waals surface area contributed by atoms with E-state index in [-0.39, 0.29) is 0 Å². The van der Waals surface area contributed by atoms with E-state index in [0.29, 0.717) is 6.42 Å². The molecule has 0 aliphatic rings. The molecule has 0 aromatic carbocycles. The molecule has 0 aliphatic heterocycles. The lowest BCUT2D eigenvalue weighted by Crippen LogP contribution is -1.81. The van der Waals surface area contributed by atoms with Crippen molar-refractivity contribution in [1.29, 1.82) is 5.26 Å². The highest BCUT2D eigenvalue weighted by molar-refractivity contribution is 7.10. The van der Waals surface area contributed by atoms with Crippen LogP contribution in [0.1, 0.15) is 5.01 Å². The van der Waals surface area contributed by atoms with Gasteiger partial charge in [-0.2, -0.15) is 5.26 Å². The Balaban J connectivity index is 2.30. The van der Waals surface area contributed by atoms with Gasteiger partial charge in [0, 0.05) is 30.4 Å². The van der Waals surface area contributed by atoms with Crippen molar-refractivity contribution in [1.82, 2.24) is 9.55 Å². The Kier molecular flexibility index (Phi) is 2.33. The number of aromatic nitrogens is 2. The smallest absolute Gasteiger partial charge is 0.107 e. The summed E-state index contributed by atoms with van der Waals surface area (Å²) in [6, 6.07) is 4.12. The van der Waals surface area contributed by atoms with Crippen LogP contribution in [0.5, 0.6) is 0 Å². The quantitative estimate of drug-likeness (QED) is 0.751. The van der Waals surface area contributed by atoms with E-state index < -0.39 is 0 Å². The van der Waals surface area contributed by atoms with Crippen molar-refractivity contribution >= 4 is 11.3 Å². The van der Waals surface area contributed by atoms with Gasteiger partial charge in [-0.15, -0.1) is 11.3 Å². The first kappa shape index (κ1) is 8.97. The van der Waals surface area contributed by atoms with E-state index in [1.54, 1.807) is 0 Å². The molecule has 70 valence electrons. The summed E-state index contributed by atoms with van der Waals surface area (Å²) in [7, 11) is 1.98. The molecule has 4 heteroatoms. The van der Waals surface area contributed by atoms with Gasteiger partial charge in [0.25, 0.3) is 0 Å². The molecule has 2 aromatic heterocycles. The van der Waals surface area contributed by atoms with E-state index >= 15 is 0 Å². The summed E-state index contributed by atoms with van der Waals surface area (Å²) in [6.45, 7) is 0. The molecule has 0 amide bonds. The predicted octanol–water partition coefficient (Wildman–Crippen LogP) is 2.21. The normalized spacial score (nSPS) is 10.0. The van der Waals surface area contributed by atoms with Crippen molar-refractivity contribution in [3.8, 4) is 17.3 Å². The van der Waals surface area contributed by atoms with E-state index in [9.17, 15) is 0 Å². The molecule has 0 unspecified atom stereocenters. The molecule has 2 rings (SSSR count). The molecular weight excluding hydrogens is 194 g/mol. The second-order valence-corrected chi connectivity index (χ2v) is 3.97. The molecule has 3 nitrogen and oxygen atoms in total. The van der Waals surface area contributed by atoms with Crippen LogP contribution in [-0.2, 0) is 13.5 Å². The van der Waals surface area contributed by atoms with Gasteiger partial charge < -0.3 is 4.57 Å². The van der Waals surface area contributed by atoms with Crippen LogP contribution in [0.15, 0.2) is 23.8 Å². The molecule has 0 atom stereocenters. The minimum atomic E-state index is 0.400. The summed E-state index contributed by atoms with van der Waals surface area (Å²) in [5.74, 6) is 0. The third-order valence-corrected chi connectivity index (χ3v) is 2.76. The highest BCUT2D eigenvalue weighted by Gasteiger charge is 2.04. The Hall–Kier alpha value is -1.60. The molecule has 2 heterocycles. The zero-order valence-corrected chi connectivity index (χ0v) is 8.58. The van der Waals surface area contributed by atoms with E-state index in [4.69, 9.17) is 5.26 Å². The molecule has 0 radical (unpaired) electrons. The molecule has 0 saturated carbocycles. The van der Waals surface area contributed by atoms with Crippen LogP contribution in [0, 0.1) is 11.3 Å². The lowest BCUT2D eigenvalue weighted by molar-refractivity contribution is 0.928. The minimum absolute atomic E-state index is 0.400. The van der Waals surface area contributed by atoms with E-state index in [2.05, 4.69) is 11.1 Å². The largest absolute Gasteiger partial charge is 0.357 e. The summed E-state index contributed by atoms with van der Waals surface area (Å²) in [5, 5.41) is 11.4. The van der Waals surface area contributed by atoms with Crippen molar-refractivity contribution in [3.05, 3.63) is 28.8 Å². The number of nitrogens with zero attached hydrogens (tertiary/aromatic N) is 3. The Bertz CT molecular complexity index is 476. The van der Waals surface area contributed by atoms with Crippen molar-refractivity contribution in [2.45, 2.75) is 6.42 Å². The maximum Gasteiger partial charge on any atom is 0.107 e. The Morgan fingerprint density at radius 3 is 3.14 bits per heavy atom. The maximum atomic E-state index is 8.52. The van der Waals surface area contributed by atoms with Gasteiger partial charge >= 0.3 is 0 Å². The van der Waals surface area contributed by atoms with Gasteiger partial charge in [0.1, 0.15) is 5.01 Å². The van der Waals surface area contributed by atoms with Crippen LogP contribution in [0.2, 0.25) is 0 Å². The molecule has 0 saturated heterocycles. The summed E-state index contributed by atoms with van der Waals surface area (Å²) in [5.41, 5.74) is 2.06. The van der Waals surface area contributed by atoms with Gasteiger partial charge in [0.05, 0.1) is 18.2 Å². The van der Waals surface area contributed by atoms with Crippen LogP contribution in [0.25, 0.3) is 11.3 Å². The van der Waals surface area contributed by atoms with Gasteiger partial charge in [-0.1, -0.05) is 0 Å². The second-order valence-electron chi connectivity index (χ2n) is 3.03. The monoisotopic (exact) mass is 203 g/mol. The fourth-order valence-electron chi connectivity index (χ4n) is 1.25. The van der Waals surface area contributed by atoms with Crippen LogP contribution in [0.3, 0.4) is 0 Å². The van der Waals surface area contributed by atoms with E-state index in [0.717, 1.165) is 16.3 Å². The first-order chi connectivity index (χ1) is 6.79. The lowest BCUT2D eigenvalue weighted by atomic mass is 10.3. The number of hydrogen-bond donors (Lipinski definition) is 0. The number of thiazole rings is 1. The molecule has 0 fully saturated rings. The SMILES string of the molecule is Cn1ccc(-c2csc(CC#N)n2)c1. The number of rotatable bonds is 2. The average molecular weight is 203 g/mol. The zero-order chi connectivity index (χ0) is 9.97. The summed E-state index contributed by atoms with van der Waals surface area (Å²) < 4.78 is 1.98. The van der Waals surface area contributed by atoms with Crippen LogP contribution in [-0.4, -0.2) is 9.55 Å². The predicted molar refractivity (Wildman–Crippen MR) is 55.8 cm³/mol.